The number of nitrogens with one attached hydrogen (secondary N) is 1. The van der Waals surface area contributed by atoms with E-state index < -0.39 is 0 Å². The molecule has 0 bridgehead atoms. The van der Waals surface area contributed by atoms with Gasteiger partial charge in [-0.05, 0) is 25.5 Å². The van der Waals surface area contributed by atoms with Gasteiger partial charge in [0.05, 0.1) is 0 Å². The minimum Gasteiger partial charge on any atom is -0.312 e. The monoisotopic (exact) mass is 209 g/mol. The van der Waals surface area contributed by atoms with Crippen LogP contribution in [0.2, 0.25) is 0 Å². The predicted molar refractivity (Wildman–Crippen MR) is 61.0 cm³/mol. The molecule has 15 heavy (non-hydrogen) atoms. The maximum Gasteiger partial charge on any atom is 0.347 e. The second kappa shape index (κ2) is 5.66. The van der Waals surface area contributed by atoms with Gasteiger partial charge in [-0.1, -0.05) is 13.8 Å². The first-order valence-corrected chi connectivity index (χ1v) is 5.43. The normalized spacial score (nSPS) is 12.7. The van der Waals surface area contributed by atoms with Gasteiger partial charge < -0.3 is 5.32 Å². The summed E-state index contributed by atoms with van der Waals surface area (Å²) in [4.78, 5) is 15.3. The van der Waals surface area contributed by atoms with Gasteiger partial charge in [-0.25, -0.2) is 9.78 Å². The number of hydrogen-bond donors (Lipinski definition) is 1. The van der Waals surface area contributed by atoms with Gasteiger partial charge >= 0.3 is 5.69 Å². The lowest BCUT2D eigenvalue weighted by Crippen LogP contribution is -2.36. The Morgan fingerprint density at radius 1 is 1.53 bits per heavy atom. The van der Waals surface area contributed by atoms with E-state index in [4.69, 9.17) is 0 Å². The Bertz CT molecular complexity index is 359. The van der Waals surface area contributed by atoms with Gasteiger partial charge in [0, 0.05) is 25.0 Å². The van der Waals surface area contributed by atoms with Crippen molar-refractivity contribution in [2.24, 2.45) is 0 Å². The molecule has 84 valence electrons. The van der Waals surface area contributed by atoms with Crippen LogP contribution in [0.5, 0.6) is 0 Å². The zero-order chi connectivity index (χ0) is 11.3. The minimum atomic E-state index is -0.169. The van der Waals surface area contributed by atoms with Crippen molar-refractivity contribution in [2.45, 2.75) is 39.8 Å². The summed E-state index contributed by atoms with van der Waals surface area (Å²) >= 11 is 0. The first kappa shape index (κ1) is 11.9. The van der Waals surface area contributed by atoms with Crippen LogP contribution in [-0.4, -0.2) is 22.1 Å². The molecule has 0 saturated carbocycles. The highest BCUT2D eigenvalue weighted by Crippen LogP contribution is 1.96. The summed E-state index contributed by atoms with van der Waals surface area (Å²) < 4.78 is 1.67. The van der Waals surface area contributed by atoms with Crippen molar-refractivity contribution < 1.29 is 0 Å². The molecule has 4 heteroatoms. The maximum atomic E-state index is 11.5. The second-order valence-electron chi connectivity index (χ2n) is 3.73. The molecule has 1 unspecified atom stereocenters. The minimum absolute atomic E-state index is 0.169. The fourth-order valence-corrected chi connectivity index (χ4v) is 1.56. The standard InChI is InChI=1S/C11H19N3O/c1-4-10(12-5-2)8-14-7-9(3)6-13-11(14)15/h6-7,10,12H,4-5,8H2,1-3H3. The Hall–Kier alpha value is -1.16. The van der Waals surface area contributed by atoms with Crippen LogP contribution in [0.4, 0.5) is 0 Å². The van der Waals surface area contributed by atoms with Crippen LogP contribution >= 0.6 is 0 Å². The van der Waals surface area contributed by atoms with Crippen LogP contribution in [0, 0.1) is 6.92 Å². The van der Waals surface area contributed by atoms with Gasteiger partial charge in [0.15, 0.2) is 0 Å². The number of aryl methyl sites for hydroxylation is 1. The van der Waals surface area contributed by atoms with Crippen molar-refractivity contribution in [1.82, 2.24) is 14.9 Å². The highest BCUT2D eigenvalue weighted by atomic mass is 16.1. The fourth-order valence-electron chi connectivity index (χ4n) is 1.56. The molecule has 1 N–H and O–H groups in total. The molecule has 0 aliphatic rings. The van der Waals surface area contributed by atoms with Gasteiger partial charge in [-0.15, -0.1) is 0 Å². The number of aromatic nitrogens is 2. The summed E-state index contributed by atoms with van der Waals surface area (Å²) in [5.41, 5.74) is 0.845. The largest absolute Gasteiger partial charge is 0.347 e. The van der Waals surface area contributed by atoms with E-state index >= 15 is 0 Å². The van der Waals surface area contributed by atoms with Crippen molar-refractivity contribution in [3.05, 3.63) is 28.4 Å². The molecule has 0 aliphatic carbocycles. The van der Waals surface area contributed by atoms with Crippen LogP contribution in [0.15, 0.2) is 17.2 Å². The van der Waals surface area contributed by atoms with Crippen LogP contribution in [0.25, 0.3) is 0 Å². The number of hydrogen-bond acceptors (Lipinski definition) is 3. The van der Waals surface area contributed by atoms with Gasteiger partial charge in [0.1, 0.15) is 0 Å². The molecule has 1 heterocycles. The topological polar surface area (TPSA) is 46.9 Å². The van der Waals surface area contributed by atoms with Gasteiger partial charge in [0.25, 0.3) is 0 Å². The van der Waals surface area contributed by atoms with E-state index in [0.29, 0.717) is 12.6 Å². The zero-order valence-corrected chi connectivity index (χ0v) is 9.66. The molecule has 0 fully saturated rings. The average Bonchev–Trinajstić information content (AvgIpc) is 2.22. The van der Waals surface area contributed by atoms with Crippen LogP contribution < -0.4 is 11.0 Å². The van der Waals surface area contributed by atoms with E-state index in [1.165, 1.54) is 0 Å². The molecular weight excluding hydrogens is 190 g/mol. The van der Waals surface area contributed by atoms with Crippen molar-refractivity contribution in [2.75, 3.05) is 6.54 Å². The molecular formula is C11H19N3O. The summed E-state index contributed by atoms with van der Waals surface area (Å²) in [5, 5.41) is 3.34. The Morgan fingerprint density at radius 3 is 2.87 bits per heavy atom. The quantitative estimate of drug-likeness (QED) is 0.785. The Balaban J connectivity index is 2.78. The van der Waals surface area contributed by atoms with Crippen molar-refractivity contribution in [3.63, 3.8) is 0 Å². The summed E-state index contributed by atoms with van der Waals surface area (Å²) in [6, 6.07) is 0.344. The van der Waals surface area contributed by atoms with Crippen molar-refractivity contribution in [3.8, 4) is 0 Å². The SMILES string of the molecule is CCNC(CC)Cn1cc(C)cnc1=O. The van der Waals surface area contributed by atoms with Crippen molar-refractivity contribution >= 4 is 0 Å². The van der Waals surface area contributed by atoms with E-state index in [1.54, 1.807) is 10.8 Å². The Labute approximate surface area is 90.3 Å². The Morgan fingerprint density at radius 2 is 2.27 bits per heavy atom. The summed E-state index contributed by atoms with van der Waals surface area (Å²) in [6.45, 7) is 7.74. The maximum absolute atomic E-state index is 11.5. The number of nitrogens with zero attached hydrogens (tertiary/aromatic N) is 2. The number of rotatable bonds is 5. The highest BCUT2D eigenvalue weighted by Gasteiger charge is 2.06. The molecule has 0 amide bonds. The summed E-state index contributed by atoms with van der Waals surface area (Å²) in [5.74, 6) is 0. The van der Waals surface area contributed by atoms with Crippen LogP contribution in [0.3, 0.4) is 0 Å². The molecule has 4 nitrogen and oxygen atoms in total. The predicted octanol–water partition coefficient (Wildman–Crippen LogP) is 0.940. The fraction of sp³-hybridized carbons (Fsp3) is 0.636. The van der Waals surface area contributed by atoms with E-state index in [2.05, 4.69) is 24.1 Å². The molecule has 0 saturated heterocycles. The zero-order valence-electron chi connectivity index (χ0n) is 9.66. The van der Waals surface area contributed by atoms with Gasteiger partial charge in [0.2, 0.25) is 0 Å². The lowest BCUT2D eigenvalue weighted by molar-refractivity contribution is 0.436. The van der Waals surface area contributed by atoms with E-state index in [9.17, 15) is 4.79 Å². The third kappa shape index (κ3) is 3.47. The summed E-state index contributed by atoms with van der Waals surface area (Å²) in [7, 11) is 0. The van der Waals surface area contributed by atoms with E-state index in [0.717, 1.165) is 18.5 Å². The smallest absolute Gasteiger partial charge is 0.312 e. The first-order valence-electron chi connectivity index (χ1n) is 5.43. The van der Waals surface area contributed by atoms with E-state index in [1.807, 2.05) is 13.1 Å². The number of likely N-dealkylation sites (N-methyl/N-ethyl adjacent to an activating group) is 1. The van der Waals surface area contributed by atoms with Crippen LogP contribution in [0.1, 0.15) is 25.8 Å². The molecule has 0 aliphatic heterocycles. The van der Waals surface area contributed by atoms with Gasteiger partial charge in [-0.2, -0.15) is 0 Å². The summed E-state index contributed by atoms with van der Waals surface area (Å²) in [6.07, 6.45) is 4.47. The third-order valence-corrected chi connectivity index (χ3v) is 2.39. The molecule has 1 aromatic heterocycles. The van der Waals surface area contributed by atoms with Crippen LogP contribution in [-0.2, 0) is 6.54 Å². The molecule has 1 aromatic rings. The molecule has 1 rings (SSSR count). The molecule has 0 spiro atoms. The highest BCUT2D eigenvalue weighted by molar-refractivity contribution is 4.99. The molecule has 1 atom stereocenters. The lowest BCUT2D eigenvalue weighted by Gasteiger charge is -2.16. The van der Waals surface area contributed by atoms with E-state index in [-0.39, 0.29) is 5.69 Å². The Kier molecular flexibility index (Phi) is 4.49. The first-order chi connectivity index (χ1) is 7.17. The second-order valence-corrected chi connectivity index (χ2v) is 3.73. The van der Waals surface area contributed by atoms with Gasteiger partial charge in [-0.3, -0.25) is 4.57 Å². The average molecular weight is 209 g/mol. The molecule has 0 aromatic carbocycles. The van der Waals surface area contributed by atoms with Crippen molar-refractivity contribution in [1.29, 1.82) is 0 Å². The molecule has 0 radical (unpaired) electrons. The lowest BCUT2D eigenvalue weighted by atomic mass is 10.2. The third-order valence-electron chi connectivity index (χ3n) is 2.39.